The summed E-state index contributed by atoms with van der Waals surface area (Å²) in [6, 6.07) is 15.6. The molecule has 1 N–H and O–H groups in total. The van der Waals surface area contributed by atoms with Crippen molar-refractivity contribution >= 4 is 6.08 Å². The molecule has 0 aliphatic heterocycles. The summed E-state index contributed by atoms with van der Waals surface area (Å²) in [7, 11) is 0. The Hall–Kier alpha value is -2.54. The third kappa shape index (κ3) is 5.53. The summed E-state index contributed by atoms with van der Waals surface area (Å²) in [6.07, 6.45) is 6.95. The molecular formula is C20H22O. The Balaban J connectivity index is 0.000000235. The maximum Gasteiger partial charge on any atom is 0.119 e. The molecule has 0 aromatic heterocycles. The van der Waals surface area contributed by atoms with Gasteiger partial charge in [-0.3, -0.25) is 0 Å². The fraction of sp³-hybridized carbons (Fsp3) is 0.100. The molecule has 0 atom stereocenters. The number of benzene rings is 2. The standard InChI is InChI=1S/C12H14O.C8H8/c1-3-6-10-8-5-9-12(13)11(10)7-4-2;1-2-8-6-4-3-5-7-8/h3-5,8-9,13H,1-2,6-7H2;2-7H,1H2. The van der Waals surface area contributed by atoms with Crippen molar-refractivity contribution in [2.45, 2.75) is 12.8 Å². The molecule has 0 saturated heterocycles. The molecule has 0 saturated carbocycles. The molecule has 21 heavy (non-hydrogen) atoms. The van der Waals surface area contributed by atoms with Gasteiger partial charge in [-0.1, -0.05) is 67.3 Å². The van der Waals surface area contributed by atoms with Crippen LogP contribution in [0.15, 0.2) is 80.4 Å². The van der Waals surface area contributed by atoms with Crippen LogP contribution in [0.25, 0.3) is 6.08 Å². The van der Waals surface area contributed by atoms with Crippen molar-refractivity contribution in [1.82, 2.24) is 0 Å². The monoisotopic (exact) mass is 278 g/mol. The lowest BCUT2D eigenvalue weighted by Gasteiger charge is -2.07. The number of aromatic hydroxyl groups is 1. The first-order valence-corrected chi connectivity index (χ1v) is 6.92. The van der Waals surface area contributed by atoms with E-state index in [2.05, 4.69) is 19.7 Å². The highest BCUT2D eigenvalue weighted by Gasteiger charge is 2.03. The molecule has 0 amide bonds. The summed E-state index contributed by atoms with van der Waals surface area (Å²) in [5, 5.41) is 9.57. The van der Waals surface area contributed by atoms with E-state index in [-0.39, 0.29) is 0 Å². The van der Waals surface area contributed by atoms with Crippen molar-refractivity contribution < 1.29 is 5.11 Å². The summed E-state index contributed by atoms with van der Waals surface area (Å²) >= 11 is 0. The second kappa shape index (κ2) is 9.38. The third-order valence-electron chi connectivity index (χ3n) is 3.00. The van der Waals surface area contributed by atoms with Crippen molar-refractivity contribution in [3.63, 3.8) is 0 Å². The largest absolute Gasteiger partial charge is 0.508 e. The Kier molecular flexibility index (Phi) is 7.37. The molecular weight excluding hydrogens is 256 g/mol. The molecule has 0 radical (unpaired) electrons. The van der Waals surface area contributed by atoms with Gasteiger partial charge in [0, 0.05) is 5.56 Å². The molecule has 1 nitrogen and oxygen atoms in total. The van der Waals surface area contributed by atoms with Gasteiger partial charge in [-0.2, -0.15) is 0 Å². The minimum atomic E-state index is 0.347. The first kappa shape index (κ1) is 16.5. The molecule has 2 aromatic carbocycles. The zero-order valence-electron chi connectivity index (χ0n) is 12.3. The molecule has 0 spiro atoms. The van der Waals surface area contributed by atoms with Gasteiger partial charge in [0.05, 0.1) is 0 Å². The van der Waals surface area contributed by atoms with Gasteiger partial charge < -0.3 is 5.11 Å². The van der Waals surface area contributed by atoms with Crippen LogP contribution in [0.4, 0.5) is 0 Å². The molecule has 0 aliphatic carbocycles. The number of allylic oxidation sites excluding steroid dienone is 2. The molecule has 2 rings (SSSR count). The smallest absolute Gasteiger partial charge is 0.119 e. The first-order chi connectivity index (χ1) is 10.2. The highest BCUT2D eigenvalue weighted by Crippen LogP contribution is 2.22. The van der Waals surface area contributed by atoms with Crippen LogP contribution < -0.4 is 0 Å². The second-order valence-electron chi connectivity index (χ2n) is 4.52. The topological polar surface area (TPSA) is 20.2 Å². The Morgan fingerprint density at radius 1 is 0.810 bits per heavy atom. The van der Waals surface area contributed by atoms with Crippen molar-refractivity contribution in [3.05, 3.63) is 97.1 Å². The van der Waals surface area contributed by atoms with Gasteiger partial charge in [-0.05, 0) is 30.0 Å². The van der Waals surface area contributed by atoms with E-state index in [1.54, 1.807) is 12.1 Å². The van der Waals surface area contributed by atoms with Gasteiger partial charge >= 0.3 is 0 Å². The van der Waals surface area contributed by atoms with E-state index in [1.165, 1.54) is 5.56 Å². The van der Waals surface area contributed by atoms with E-state index < -0.39 is 0 Å². The summed E-state index contributed by atoms with van der Waals surface area (Å²) in [5.41, 5.74) is 3.25. The number of phenolic OH excluding ortho intramolecular Hbond substituents is 1. The molecule has 1 heteroatoms. The highest BCUT2D eigenvalue weighted by molar-refractivity contribution is 5.45. The van der Waals surface area contributed by atoms with Crippen LogP contribution in [0, 0.1) is 0 Å². The quantitative estimate of drug-likeness (QED) is 0.747. The van der Waals surface area contributed by atoms with Crippen LogP contribution in [-0.2, 0) is 12.8 Å². The summed E-state index contributed by atoms with van der Waals surface area (Å²) < 4.78 is 0. The van der Waals surface area contributed by atoms with Crippen molar-refractivity contribution in [3.8, 4) is 5.75 Å². The second-order valence-corrected chi connectivity index (χ2v) is 4.52. The lowest BCUT2D eigenvalue weighted by Crippen LogP contribution is -1.91. The zero-order valence-corrected chi connectivity index (χ0v) is 12.3. The molecule has 0 bridgehead atoms. The van der Waals surface area contributed by atoms with E-state index in [1.807, 2.05) is 54.6 Å². The Bertz CT molecular complexity index is 582. The average molecular weight is 278 g/mol. The minimum absolute atomic E-state index is 0.347. The molecule has 108 valence electrons. The van der Waals surface area contributed by atoms with Crippen LogP contribution in [-0.4, -0.2) is 5.11 Å². The number of hydrogen-bond acceptors (Lipinski definition) is 1. The predicted molar refractivity (Wildman–Crippen MR) is 92.4 cm³/mol. The summed E-state index contributed by atoms with van der Waals surface area (Å²) in [5.74, 6) is 0.347. The molecule has 2 aromatic rings. The van der Waals surface area contributed by atoms with Gasteiger partial charge in [0.2, 0.25) is 0 Å². The Morgan fingerprint density at radius 2 is 1.48 bits per heavy atom. The molecule has 0 heterocycles. The van der Waals surface area contributed by atoms with Gasteiger partial charge in [0.25, 0.3) is 0 Å². The van der Waals surface area contributed by atoms with Crippen LogP contribution in [0.5, 0.6) is 5.75 Å². The van der Waals surface area contributed by atoms with Crippen molar-refractivity contribution in [1.29, 1.82) is 0 Å². The molecule has 0 fully saturated rings. The lowest BCUT2D eigenvalue weighted by molar-refractivity contribution is 0.469. The minimum Gasteiger partial charge on any atom is -0.508 e. The van der Waals surface area contributed by atoms with Crippen LogP contribution in [0.2, 0.25) is 0 Å². The predicted octanol–water partition coefficient (Wildman–Crippen LogP) is 5.18. The number of phenols is 1. The normalized spacial score (nSPS) is 9.14. The van der Waals surface area contributed by atoms with Gasteiger partial charge in [-0.25, -0.2) is 0 Å². The van der Waals surface area contributed by atoms with Gasteiger partial charge in [-0.15, -0.1) is 13.2 Å². The maximum absolute atomic E-state index is 9.57. The van der Waals surface area contributed by atoms with E-state index in [0.29, 0.717) is 12.2 Å². The van der Waals surface area contributed by atoms with Crippen LogP contribution in [0.3, 0.4) is 0 Å². The van der Waals surface area contributed by atoms with Gasteiger partial charge in [0.15, 0.2) is 0 Å². The van der Waals surface area contributed by atoms with E-state index in [9.17, 15) is 5.11 Å². The lowest BCUT2D eigenvalue weighted by atomic mass is 10.0. The van der Waals surface area contributed by atoms with Crippen molar-refractivity contribution in [2.24, 2.45) is 0 Å². The SMILES string of the molecule is C=CCc1cccc(O)c1CC=C.C=Cc1ccccc1. The van der Waals surface area contributed by atoms with Gasteiger partial charge in [0.1, 0.15) is 5.75 Å². The average Bonchev–Trinajstić information content (AvgIpc) is 2.52. The number of hydrogen-bond donors (Lipinski definition) is 1. The molecule has 0 unspecified atom stereocenters. The van der Waals surface area contributed by atoms with E-state index in [4.69, 9.17) is 0 Å². The fourth-order valence-corrected chi connectivity index (χ4v) is 1.94. The summed E-state index contributed by atoms with van der Waals surface area (Å²) in [6.45, 7) is 11.0. The molecule has 0 aliphatic rings. The first-order valence-electron chi connectivity index (χ1n) is 6.92. The third-order valence-corrected chi connectivity index (χ3v) is 3.00. The van der Waals surface area contributed by atoms with E-state index in [0.717, 1.165) is 17.5 Å². The van der Waals surface area contributed by atoms with E-state index >= 15 is 0 Å². The Labute approximate surface area is 127 Å². The zero-order chi connectivity index (χ0) is 15.5. The Morgan fingerprint density at radius 3 is 2.00 bits per heavy atom. The van der Waals surface area contributed by atoms with Crippen molar-refractivity contribution in [2.75, 3.05) is 0 Å². The highest BCUT2D eigenvalue weighted by atomic mass is 16.3. The maximum atomic E-state index is 9.57. The number of rotatable bonds is 5. The summed E-state index contributed by atoms with van der Waals surface area (Å²) in [4.78, 5) is 0. The fourth-order valence-electron chi connectivity index (χ4n) is 1.94. The van der Waals surface area contributed by atoms with Crippen LogP contribution in [0.1, 0.15) is 16.7 Å². The van der Waals surface area contributed by atoms with Crippen LogP contribution >= 0.6 is 0 Å².